The molecule has 2 fully saturated rings. The second-order valence-corrected chi connectivity index (χ2v) is 6.98. The van der Waals surface area contributed by atoms with Crippen LogP contribution in [-0.4, -0.2) is 50.1 Å². The van der Waals surface area contributed by atoms with Gasteiger partial charge in [-0.15, -0.1) is 0 Å². The summed E-state index contributed by atoms with van der Waals surface area (Å²) in [4.78, 5) is 5.10. The zero-order valence-corrected chi connectivity index (χ0v) is 14.4. The van der Waals surface area contributed by atoms with E-state index in [1.165, 1.54) is 31.5 Å². The van der Waals surface area contributed by atoms with Crippen molar-refractivity contribution in [1.29, 1.82) is 0 Å². The van der Waals surface area contributed by atoms with Crippen LogP contribution < -0.4 is 9.64 Å². The molecule has 0 spiro atoms. The molecule has 1 aliphatic heterocycles. The summed E-state index contributed by atoms with van der Waals surface area (Å²) >= 11 is 3.72. The maximum Gasteiger partial charge on any atom is 0.142 e. The van der Waals surface area contributed by atoms with E-state index in [9.17, 15) is 0 Å². The number of hydrogen-bond acceptors (Lipinski definition) is 3. The first-order valence-electron chi connectivity index (χ1n) is 7.93. The summed E-state index contributed by atoms with van der Waals surface area (Å²) in [6.07, 6.45) is 4.20. The largest absolute Gasteiger partial charge is 0.495 e. The number of methoxy groups -OCH3 is 1. The van der Waals surface area contributed by atoms with Crippen LogP contribution in [0.25, 0.3) is 0 Å². The van der Waals surface area contributed by atoms with E-state index in [4.69, 9.17) is 4.74 Å². The average Bonchev–Trinajstić information content (AvgIpc) is 2.51. The van der Waals surface area contributed by atoms with Gasteiger partial charge < -0.3 is 9.64 Å². The maximum absolute atomic E-state index is 5.49. The predicted octanol–water partition coefficient (Wildman–Crippen LogP) is 3.38. The van der Waals surface area contributed by atoms with Gasteiger partial charge in [0.15, 0.2) is 0 Å². The number of rotatable bonds is 5. The fraction of sp³-hybridized carbons (Fsp3) is 0.647. The van der Waals surface area contributed by atoms with Crippen LogP contribution in [0.5, 0.6) is 5.75 Å². The molecule has 1 saturated heterocycles. The minimum atomic E-state index is 0.562. The van der Waals surface area contributed by atoms with Gasteiger partial charge in [0.1, 0.15) is 5.75 Å². The summed E-state index contributed by atoms with van der Waals surface area (Å²) in [7, 11) is 1.76. The number of benzene rings is 1. The van der Waals surface area contributed by atoms with Gasteiger partial charge >= 0.3 is 0 Å². The first-order valence-corrected chi connectivity index (χ1v) is 9.05. The fourth-order valence-corrected chi connectivity index (χ4v) is 4.26. The third-order valence-electron chi connectivity index (χ3n) is 5.05. The molecule has 116 valence electrons. The topological polar surface area (TPSA) is 15.7 Å². The Balaban J connectivity index is 1.57. The standard InChI is InChI=1S/C17H25BrN2O/c1-21-16-6-3-2-5-15(16)20-11-9-19(10-12-20)14-17(13-18)7-4-8-17/h2-3,5-6H,4,7-14H2,1H3. The molecular formula is C17H25BrN2O. The molecular weight excluding hydrogens is 328 g/mol. The Bertz CT molecular complexity index is 462. The predicted molar refractivity (Wildman–Crippen MR) is 91.7 cm³/mol. The Morgan fingerprint density at radius 1 is 1.14 bits per heavy atom. The van der Waals surface area contributed by atoms with Crippen molar-refractivity contribution in [1.82, 2.24) is 4.90 Å². The molecule has 0 aromatic heterocycles. The maximum atomic E-state index is 5.49. The van der Waals surface area contributed by atoms with Gasteiger partial charge in [0.05, 0.1) is 12.8 Å². The Labute approximate surface area is 136 Å². The van der Waals surface area contributed by atoms with Crippen LogP contribution in [0.2, 0.25) is 0 Å². The number of piperazine rings is 1. The Hall–Kier alpha value is -0.740. The van der Waals surface area contributed by atoms with Crippen molar-refractivity contribution in [3.63, 3.8) is 0 Å². The molecule has 0 radical (unpaired) electrons. The highest BCUT2D eigenvalue weighted by atomic mass is 79.9. The number of nitrogens with zero attached hydrogens (tertiary/aromatic N) is 2. The summed E-state index contributed by atoms with van der Waals surface area (Å²) < 4.78 is 5.49. The van der Waals surface area contributed by atoms with Crippen molar-refractivity contribution in [3.8, 4) is 5.75 Å². The lowest BCUT2D eigenvalue weighted by molar-refractivity contribution is 0.0876. The molecule has 1 aromatic rings. The van der Waals surface area contributed by atoms with E-state index in [0.29, 0.717) is 5.41 Å². The molecule has 3 rings (SSSR count). The molecule has 2 aliphatic rings. The van der Waals surface area contributed by atoms with Crippen molar-refractivity contribution in [3.05, 3.63) is 24.3 Å². The van der Waals surface area contributed by atoms with E-state index in [1.807, 2.05) is 6.07 Å². The summed E-state index contributed by atoms with van der Waals surface area (Å²) in [5.74, 6) is 0.988. The van der Waals surface area contributed by atoms with Gasteiger partial charge in [-0.3, -0.25) is 4.90 Å². The molecule has 4 heteroatoms. The van der Waals surface area contributed by atoms with Crippen molar-refractivity contribution in [2.75, 3.05) is 50.1 Å². The highest BCUT2D eigenvalue weighted by Gasteiger charge is 2.38. The molecule has 0 unspecified atom stereocenters. The van der Waals surface area contributed by atoms with Crippen LogP contribution in [0, 0.1) is 5.41 Å². The van der Waals surface area contributed by atoms with Crippen LogP contribution >= 0.6 is 15.9 Å². The monoisotopic (exact) mass is 352 g/mol. The zero-order valence-electron chi connectivity index (χ0n) is 12.9. The minimum absolute atomic E-state index is 0.562. The van der Waals surface area contributed by atoms with Gasteiger partial charge in [-0.05, 0) is 30.4 Å². The lowest BCUT2D eigenvalue weighted by Gasteiger charge is -2.46. The van der Waals surface area contributed by atoms with E-state index < -0.39 is 0 Å². The fourth-order valence-electron chi connectivity index (χ4n) is 3.52. The number of anilines is 1. The number of alkyl halides is 1. The van der Waals surface area contributed by atoms with Crippen LogP contribution in [-0.2, 0) is 0 Å². The molecule has 1 aliphatic carbocycles. The van der Waals surface area contributed by atoms with Crippen molar-refractivity contribution < 1.29 is 4.74 Å². The summed E-state index contributed by atoms with van der Waals surface area (Å²) in [5, 5.41) is 1.16. The first-order chi connectivity index (χ1) is 10.3. The van der Waals surface area contributed by atoms with Crippen LogP contribution in [0.3, 0.4) is 0 Å². The number of hydrogen-bond donors (Lipinski definition) is 0. The van der Waals surface area contributed by atoms with E-state index in [-0.39, 0.29) is 0 Å². The van der Waals surface area contributed by atoms with E-state index in [0.717, 1.165) is 37.3 Å². The van der Waals surface area contributed by atoms with Crippen LogP contribution in [0.15, 0.2) is 24.3 Å². The minimum Gasteiger partial charge on any atom is -0.495 e. The molecule has 3 nitrogen and oxygen atoms in total. The van der Waals surface area contributed by atoms with Crippen molar-refractivity contribution in [2.24, 2.45) is 5.41 Å². The number of para-hydroxylation sites is 2. The van der Waals surface area contributed by atoms with Crippen molar-refractivity contribution >= 4 is 21.6 Å². The summed E-state index contributed by atoms with van der Waals surface area (Å²) in [6.45, 7) is 5.77. The lowest BCUT2D eigenvalue weighted by atomic mass is 9.70. The third kappa shape index (κ3) is 3.21. The highest BCUT2D eigenvalue weighted by Crippen LogP contribution is 2.43. The molecule has 21 heavy (non-hydrogen) atoms. The highest BCUT2D eigenvalue weighted by molar-refractivity contribution is 9.09. The van der Waals surface area contributed by atoms with Gasteiger partial charge in [-0.2, -0.15) is 0 Å². The lowest BCUT2D eigenvalue weighted by Crippen LogP contribution is -2.52. The van der Waals surface area contributed by atoms with E-state index >= 15 is 0 Å². The van der Waals surface area contributed by atoms with Gasteiger partial charge in [0.2, 0.25) is 0 Å². The molecule has 1 saturated carbocycles. The van der Waals surface area contributed by atoms with E-state index in [2.05, 4.69) is 43.9 Å². The van der Waals surface area contributed by atoms with Crippen molar-refractivity contribution in [2.45, 2.75) is 19.3 Å². The molecule has 0 amide bonds. The quantitative estimate of drug-likeness (QED) is 0.755. The molecule has 1 heterocycles. The SMILES string of the molecule is COc1ccccc1N1CCN(CC2(CBr)CCC2)CC1. The Morgan fingerprint density at radius 2 is 1.86 bits per heavy atom. The number of halogens is 1. The third-order valence-corrected chi connectivity index (χ3v) is 6.24. The molecule has 0 atom stereocenters. The van der Waals surface area contributed by atoms with Crippen LogP contribution in [0.4, 0.5) is 5.69 Å². The summed E-state index contributed by atoms with van der Waals surface area (Å²) in [6, 6.07) is 8.35. The second-order valence-electron chi connectivity index (χ2n) is 6.42. The second kappa shape index (κ2) is 6.57. The van der Waals surface area contributed by atoms with E-state index in [1.54, 1.807) is 7.11 Å². The smallest absolute Gasteiger partial charge is 0.142 e. The van der Waals surface area contributed by atoms with Gasteiger partial charge in [-0.1, -0.05) is 34.5 Å². The Kier molecular flexibility index (Phi) is 4.75. The Morgan fingerprint density at radius 3 is 2.43 bits per heavy atom. The normalized spacial score (nSPS) is 21.9. The van der Waals surface area contributed by atoms with Gasteiger partial charge in [0, 0.05) is 38.1 Å². The molecule has 0 N–H and O–H groups in total. The van der Waals surface area contributed by atoms with Gasteiger partial charge in [0.25, 0.3) is 0 Å². The first kappa shape index (κ1) is 15.2. The van der Waals surface area contributed by atoms with Gasteiger partial charge in [-0.25, -0.2) is 0 Å². The van der Waals surface area contributed by atoms with Crippen LogP contribution in [0.1, 0.15) is 19.3 Å². The number of ether oxygens (including phenoxy) is 1. The molecule has 0 bridgehead atoms. The molecule has 1 aromatic carbocycles. The zero-order chi connectivity index (χ0) is 14.7. The average molecular weight is 353 g/mol. The summed E-state index contributed by atoms with van der Waals surface area (Å²) in [5.41, 5.74) is 1.80.